The fraction of sp³-hybridized carbons (Fsp3) is 0.857. The quantitative estimate of drug-likeness (QED) is 0.764. The highest BCUT2D eigenvalue weighted by molar-refractivity contribution is 5.80. The molecule has 2 aliphatic carbocycles. The zero-order chi connectivity index (χ0) is 13.8. The summed E-state index contributed by atoms with van der Waals surface area (Å²) in [5, 5.41) is 12.1. The van der Waals surface area contributed by atoms with E-state index in [-0.39, 0.29) is 23.8 Å². The van der Waals surface area contributed by atoms with Crippen molar-refractivity contribution in [1.29, 1.82) is 0 Å². The summed E-state index contributed by atoms with van der Waals surface area (Å²) in [6.07, 6.45) is 5.11. The van der Waals surface area contributed by atoms with E-state index in [1.807, 2.05) is 0 Å². The number of ether oxygens (including phenoxy) is 1. The topological polar surface area (TPSA) is 75.6 Å². The third kappa shape index (κ3) is 3.93. The van der Waals surface area contributed by atoms with Crippen LogP contribution in [0.15, 0.2) is 0 Å². The summed E-state index contributed by atoms with van der Waals surface area (Å²) >= 11 is 0. The summed E-state index contributed by atoms with van der Waals surface area (Å²) in [5.74, 6) is -0.713. The van der Waals surface area contributed by atoms with Gasteiger partial charge in [-0.1, -0.05) is 6.42 Å². The van der Waals surface area contributed by atoms with Gasteiger partial charge in [0.2, 0.25) is 5.91 Å². The number of methoxy groups -OCH3 is 1. The van der Waals surface area contributed by atoms with E-state index >= 15 is 0 Å². The van der Waals surface area contributed by atoms with Crippen LogP contribution in [0.2, 0.25) is 0 Å². The van der Waals surface area contributed by atoms with Crippen LogP contribution in [0, 0.1) is 17.8 Å². The Labute approximate surface area is 113 Å². The SMILES string of the molecule is COCC(NC(=O)C1CCCC(C(=O)O)C1)C1CC1. The van der Waals surface area contributed by atoms with Crippen molar-refractivity contribution >= 4 is 11.9 Å². The second kappa shape index (κ2) is 6.37. The van der Waals surface area contributed by atoms with Crippen LogP contribution in [-0.2, 0) is 14.3 Å². The molecule has 0 aromatic carbocycles. The Bertz CT molecular complexity index is 340. The Kier molecular flexibility index (Phi) is 4.80. The summed E-state index contributed by atoms with van der Waals surface area (Å²) in [6, 6.07) is 0.0997. The second-order valence-corrected chi connectivity index (χ2v) is 5.81. The highest BCUT2D eigenvalue weighted by atomic mass is 16.5. The van der Waals surface area contributed by atoms with Crippen molar-refractivity contribution in [3.63, 3.8) is 0 Å². The van der Waals surface area contributed by atoms with Gasteiger partial charge in [-0.05, 0) is 38.0 Å². The summed E-state index contributed by atoms with van der Waals surface area (Å²) in [5.41, 5.74) is 0. The summed E-state index contributed by atoms with van der Waals surface area (Å²) in [4.78, 5) is 23.2. The first-order valence-electron chi connectivity index (χ1n) is 7.14. The summed E-state index contributed by atoms with van der Waals surface area (Å²) in [7, 11) is 1.64. The van der Waals surface area contributed by atoms with Crippen molar-refractivity contribution in [3.8, 4) is 0 Å². The molecule has 5 heteroatoms. The predicted molar refractivity (Wildman–Crippen MR) is 69.6 cm³/mol. The van der Waals surface area contributed by atoms with Gasteiger partial charge >= 0.3 is 5.97 Å². The lowest BCUT2D eigenvalue weighted by atomic mass is 9.81. The molecule has 2 fully saturated rings. The number of rotatable bonds is 6. The standard InChI is InChI=1S/C14H23NO4/c1-19-8-12(9-5-6-9)15-13(16)10-3-2-4-11(7-10)14(17)18/h9-12H,2-8H2,1H3,(H,15,16)(H,17,18). The van der Waals surface area contributed by atoms with Crippen molar-refractivity contribution in [1.82, 2.24) is 5.32 Å². The van der Waals surface area contributed by atoms with Gasteiger partial charge < -0.3 is 15.2 Å². The molecule has 0 saturated heterocycles. The van der Waals surface area contributed by atoms with E-state index < -0.39 is 5.97 Å². The average Bonchev–Trinajstić information content (AvgIpc) is 3.22. The lowest BCUT2D eigenvalue weighted by Crippen LogP contribution is -2.44. The molecule has 2 saturated carbocycles. The predicted octanol–water partition coefficient (Wildman–Crippen LogP) is 1.42. The minimum absolute atomic E-state index is 0.0138. The molecule has 19 heavy (non-hydrogen) atoms. The molecule has 2 aliphatic rings. The number of hydrogen-bond acceptors (Lipinski definition) is 3. The van der Waals surface area contributed by atoms with Crippen LogP contribution in [0.1, 0.15) is 38.5 Å². The van der Waals surface area contributed by atoms with Crippen molar-refractivity contribution in [3.05, 3.63) is 0 Å². The third-order valence-electron chi connectivity index (χ3n) is 4.26. The molecule has 5 nitrogen and oxygen atoms in total. The first kappa shape index (κ1) is 14.3. The fourth-order valence-electron chi connectivity index (χ4n) is 2.93. The molecule has 0 aromatic heterocycles. The number of carboxylic acid groups (broad SMARTS) is 1. The van der Waals surface area contributed by atoms with Gasteiger partial charge in [0.05, 0.1) is 18.6 Å². The van der Waals surface area contributed by atoms with E-state index in [1.54, 1.807) is 7.11 Å². The number of hydrogen-bond donors (Lipinski definition) is 2. The van der Waals surface area contributed by atoms with Crippen LogP contribution in [0.4, 0.5) is 0 Å². The van der Waals surface area contributed by atoms with Gasteiger partial charge in [-0.2, -0.15) is 0 Å². The molecule has 0 spiro atoms. The fourth-order valence-corrected chi connectivity index (χ4v) is 2.93. The van der Waals surface area contributed by atoms with Crippen LogP contribution >= 0.6 is 0 Å². The van der Waals surface area contributed by atoms with E-state index in [9.17, 15) is 9.59 Å². The molecule has 2 N–H and O–H groups in total. The van der Waals surface area contributed by atoms with E-state index in [2.05, 4.69) is 5.32 Å². The molecule has 0 heterocycles. The molecule has 0 bridgehead atoms. The van der Waals surface area contributed by atoms with Crippen LogP contribution < -0.4 is 5.32 Å². The van der Waals surface area contributed by atoms with E-state index in [0.29, 0.717) is 25.4 Å². The van der Waals surface area contributed by atoms with Gasteiger partial charge in [0, 0.05) is 13.0 Å². The molecule has 3 unspecified atom stereocenters. The van der Waals surface area contributed by atoms with E-state index in [0.717, 1.165) is 25.7 Å². The molecule has 0 radical (unpaired) electrons. The number of aliphatic carboxylic acids is 1. The maximum atomic E-state index is 12.2. The molecule has 0 aromatic rings. The summed E-state index contributed by atoms with van der Waals surface area (Å²) < 4.78 is 5.14. The number of carbonyl (C=O) groups is 2. The lowest BCUT2D eigenvalue weighted by molar-refractivity contribution is -0.144. The molecule has 3 atom stereocenters. The Morgan fingerprint density at radius 1 is 1.26 bits per heavy atom. The largest absolute Gasteiger partial charge is 0.481 e. The van der Waals surface area contributed by atoms with Crippen LogP contribution in [0.5, 0.6) is 0 Å². The van der Waals surface area contributed by atoms with Crippen molar-refractivity contribution in [2.75, 3.05) is 13.7 Å². The number of nitrogens with one attached hydrogen (secondary N) is 1. The van der Waals surface area contributed by atoms with Gasteiger partial charge in [0.25, 0.3) is 0 Å². The molecular weight excluding hydrogens is 246 g/mol. The van der Waals surface area contributed by atoms with Crippen molar-refractivity contribution in [2.45, 2.75) is 44.6 Å². The molecule has 0 aliphatic heterocycles. The first-order chi connectivity index (χ1) is 9.11. The zero-order valence-electron chi connectivity index (χ0n) is 11.4. The van der Waals surface area contributed by atoms with E-state index in [1.165, 1.54) is 0 Å². The van der Waals surface area contributed by atoms with Gasteiger partial charge in [-0.25, -0.2) is 0 Å². The third-order valence-corrected chi connectivity index (χ3v) is 4.26. The Morgan fingerprint density at radius 2 is 1.95 bits per heavy atom. The molecule has 2 rings (SSSR count). The van der Waals surface area contributed by atoms with Crippen LogP contribution in [0.25, 0.3) is 0 Å². The number of carboxylic acids is 1. The zero-order valence-corrected chi connectivity index (χ0v) is 11.4. The van der Waals surface area contributed by atoms with Crippen molar-refractivity contribution < 1.29 is 19.4 Å². The maximum Gasteiger partial charge on any atom is 0.306 e. The van der Waals surface area contributed by atoms with Crippen molar-refractivity contribution in [2.24, 2.45) is 17.8 Å². The smallest absolute Gasteiger partial charge is 0.306 e. The molecule has 1 amide bonds. The van der Waals surface area contributed by atoms with Gasteiger partial charge in [0.1, 0.15) is 0 Å². The maximum absolute atomic E-state index is 12.2. The number of carbonyl (C=O) groups excluding carboxylic acids is 1. The monoisotopic (exact) mass is 269 g/mol. The minimum atomic E-state index is -0.770. The second-order valence-electron chi connectivity index (χ2n) is 5.81. The first-order valence-corrected chi connectivity index (χ1v) is 7.14. The highest BCUT2D eigenvalue weighted by Gasteiger charge is 2.36. The average molecular weight is 269 g/mol. The Balaban J connectivity index is 1.85. The summed E-state index contributed by atoms with van der Waals surface area (Å²) in [6.45, 7) is 0.547. The van der Waals surface area contributed by atoms with E-state index in [4.69, 9.17) is 9.84 Å². The normalized spacial score (nSPS) is 28.7. The van der Waals surface area contributed by atoms with Gasteiger partial charge in [-0.3, -0.25) is 9.59 Å². The van der Waals surface area contributed by atoms with Crippen LogP contribution in [0.3, 0.4) is 0 Å². The Hall–Kier alpha value is -1.10. The van der Waals surface area contributed by atoms with Gasteiger partial charge in [0.15, 0.2) is 0 Å². The lowest BCUT2D eigenvalue weighted by Gasteiger charge is -2.27. The van der Waals surface area contributed by atoms with Gasteiger partial charge in [-0.15, -0.1) is 0 Å². The Morgan fingerprint density at radius 3 is 2.53 bits per heavy atom. The molecule has 108 valence electrons. The minimum Gasteiger partial charge on any atom is -0.481 e. The highest BCUT2D eigenvalue weighted by Crippen LogP contribution is 2.34. The number of amides is 1. The molecular formula is C14H23NO4. The van der Waals surface area contributed by atoms with Crippen LogP contribution in [-0.4, -0.2) is 36.7 Å².